The number of rotatable bonds is 7. The van der Waals surface area contributed by atoms with E-state index in [1.807, 2.05) is 34.6 Å². The zero-order valence-electron chi connectivity index (χ0n) is 18.4. The Kier molecular flexibility index (Phi) is 6.86. The van der Waals surface area contributed by atoms with E-state index in [2.05, 4.69) is 10.3 Å². The van der Waals surface area contributed by atoms with Crippen LogP contribution in [0.3, 0.4) is 0 Å². The van der Waals surface area contributed by atoms with Crippen LogP contribution in [0, 0.1) is 0 Å². The molecule has 1 fully saturated rings. The highest BCUT2D eigenvalue weighted by molar-refractivity contribution is 8.16. The molecule has 1 saturated heterocycles. The zero-order chi connectivity index (χ0) is 22.7. The summed E-state index contributed by atoms with van der Waals surface area (Å²) in [7, 11) is 2.95. The van der Waals surface area contributed by atoms with E-state index in [9.17, 15) is 9.59 Å². The number of ether oxygens (including phenoxy) is 3. The number of hydrogen-bond acceptors (Lipinski definition) is 8. The average Bonchev–Trinajstić information content (AvgIpc) is 3.46. The molecule has 32 heavy (non-hydrogen) atoms. The van der Waals surface area contributed by atoms with Crippen molar-refractivity contribution in [2.45, 2.75) is 38.3 Å². The number of methoxy groups -OCH3 is 2. The summed E-state index contributed by atoms with van der Waals surface area (Å²) >= 11 is 1.44. The predicted octanol–water partition coefficient (Wildman–Crippen LogP) is 3.13. The van der Waals surface area contributed by atoms with E-state index in [0.717, 1.165) is 30.7 Å². The number of nitrogens with one attached hydrogen (secondary N) is 1. The van der Waals surface area contributed by atoms with Crippen LogP contribution in [-0.4, -0.2) is 55.4 Å². The molecular formula is C23H27N3O5S. The summed E-state index contributed by atoms with van der Waals surface area (Å²) in [4.78, 5) is 32.1. The van der Waals surface area contributed by atoms with Crippen molar-refractivity contribution < 1.29 is 23.8 Å². The molecule has 1 N–H and O–H groups in total. The standard InChI is InChI=1S/C23H27N3O5S/c1-14-20(22(28)30-3)21(17-8-4-5-9-18(17)29-2)26-15(13-32-23(26)25-14)11-19(27)24-12-16-7-6-10-31-16/h4-5,8-9,13,16,21H,6-7,10-12H2,1-3H3,(H,24,27)/t16-,21-/m0/s1. The lowest BCUT2D eigenvalue weighted by Crippen LogP contribution is -2.38. The van der Waals surface area contributed by atoms with Gasteiger partial charge < -0.3 is 24.4 Å². The monoisotopic (exact) mass is 457 g/mol. The van der Waals surface area contributed by atoms with E-state index in [4.69, 9.17) is 14.2 Å². The third-order valence-corrected chi connectivity index (χ3v) is 6.62. The number of amides is 1. The minimum atomic E-state index is -0.515. The van der Waals surface area contributed by atoms with Crippen LogP contribution < -0.4 is 10.1 Å². The number of amidine groups is 1. The van der Waals surface area contributed by atoms with E-state index in [0.29, 0.717) is 28.7 Å². The first-order chi connectivity index (χ1) is 15.5. The molecule has 3 aliphatic heterocycles. The predicted molar refractivity (Wildman–Crippen MR) is 122 cm³/mol. The van der Waals surface area contributed by atoms with E-state index >= 15 is 0 Å². The van der Waals surface area contributed by atoms with Crippen molar-refractivity contribution in [1.82, 2.24) is 10.2 Å². The Hall–Kier alpha value is -2.78. The minimum absolute atomic E-state index is 0.0795. The molecule has 1 amide bonds. The van der Waals surface area contributed by atoms with Gasteiger partial charge in [-0.25, -0.2) is 9.79 Å². The van der Waals surface area contributed by atoms with Gasteiger partial charge in [0.1, 0.15) is 5.75 Å². The van der Waals surface area contributed by atoms with Crippen molar-refractivity contribution in [3.05, 3.63) is 52.2 Å². The van der Waals surface area contributed by atoms with Gasteiger partial charge in [0.05, 0.1) is 44.1 Å². The molecule has 2 atom stereocenters. The molecule has 0 saturated carbocycles. The fourth-order valence-electron chi connectivity index (χ4n) is 4.19. The topological polar surface area (TPSA) is 89.5 Å². The first kappa shape index (κ1) is 22.4. The fourth-order valence-corrected chi connectivity index (χ4v) is 5.15. The van der Waals surface area contributed by atoms with Crippen LogP contribution in [0.2, 0.25) is 0 Å². The average molecular weight is 458 g/mol. The van der Waals surface area contributed by atoms with Crippen molar-refractivity contribution in [2.75, 3.05) is 27.4 Å². The lowest BCUT2D eigenvalue weighted by molar-refractivity contribution is -0.136. The van der Waals surface area contributed by atoms with E-state index in [-0.39, 0.29) is 18.4 Å². The lowest BCUT2D eigenvalue weighted by atomic mass is 9.93. The Morgan fingerprint density at radius 1 is 1.31 bits per heavy atom. The van der Waals surface area contributed by atoms with Gasteiger partial charge >= 0.3 is 5.97 Å². The molecule has 8 nitrogen and oxygen atoms in total. The minimum Gasteiger partial charge on any atom is -0.496 e. The van der Waals surface area contributed by atoms with Crippen LogP contribution in [0.5, 0.6) is 5.75 Å². The first-order valence-electron chi connectivity index (χ1n) is 10.6. The highest BCUT2D eigenvalue weighted by Gasteiger charge is 2.42. The van der Waals surface area contributed by atoms with Crippen molar-refractivity contribution in [3.63, 3.8) is 0 Å². The van der Waals surface area contributed by atoms with Crippen molar-refractivity contribution in [1.29, 1.82) is 0 Å². The summed E-state index contributed by atoms with van der Waals surface area (Å²) in [5, 5.41) is 5.60. The zero-order valence-corrected chi connectivity index (χ0v) is 19.2. The van der Waals surface area contributed by atoms with Crippen molar-refractivity contribution in [2.24, 2.45) is 4.99 Å². The Morgan fingerprint density at radius 2 is 2.12 bits per heavy atom. The molecule has 3 aliphatic rings. The summed E-state index contributed by atoms with van der Waals surface area (Å²) in [6, 6.07) is 7.03. The van der Waals surface area contributed by atoms with Crippen LogP contribution in [0.15, 0.2) is 51.6 Å². The van der Waals surface area contributed by atoms with Gasteiger partial charge in [0.25, 0.3) is 0 Å². The number of allylic oxidation sites excluding steroid dienone is 1. The third-order valence-electron chi connectivity index (χ3n) is 5.73. The summed E-state index contributed by atoms with van der Waals surface area (Å²) in [6.45, 7) is 3.05. The van der Waals surface area contributed by atoms with E-state index in [1.165, 1.54) is 18.9 Å². The van der Waals surface area contributed by atoms with Crippen LogP contribution in [0.25, 0.3) is 0 Å². The summed E-state index contributed by atoms with van der Waals surface area (Å²) in [5.41, 5.74) is 2.58. The molecule has 9 heteroatoms. The van der Waals surface area contributed by atoms with Gasteiger partial charge in [-0.1, -0.05) is 30.0 Å². The molecule has 0 radical (unpaired) electrons. The number of benzene rings is 1. The number of nitrogens with zero attached hydrogens (tertiary/aromatic N) is 2. The van der Waals surface area contributed by atoms with Gasteiger partial charge in [-0.15, -0.1) is 0 Å². The molecule has 0 aliphatic carbocycles. The molecule has 3 heterocycles. The van der Waals surface area contributed by atoms with E-state index in [1.54, 1.807) is 14.0 Å². The van der Waals surface area contributed by atoms with Gasteiger partial charge in [0.2, 0.25) is 5.91 Å². The maximum atomic E-state index is 12.8. The molecule has 4 rings (SSSR count). The largest absolute Gasteiger partial charge is 0.496 e. The number of carbonyl (C=O) groups is 2. The summed E-state index contributed by atoms with van der Waals surface area (Å²) < 4.78 is 16.3. The summed E-state index contributed by atoms with van der Waals surface area (Å²) in [5.74, 6) is 0.0885. The quantitative estimate of drug-likeness (QED) is 0.629. The normalized spacial score (nSPS) is 22.3. The van der Waals surface area contributed by atoms with Crippen molar-refractivity contribution >= 4 is 28.8 Å². The summed E-state index contributed by atoms with van der Waals surface area (Å²) in [6.07, 6.45) is 2.23. The Bertz CT molecular complexity index is 997. The molecule has 1 aromatic carbocycles. The van der Waals surface area contributed by atoms with Crippen molar-refractivity contribution in [3.8, 4) is 5.75 Å². The molecule has 0 spiro atoms. The molecule has 0 aromatic heterocycles. The number of hydrogen-bond donors (Lipinski definition) is 1. The maximum absolute atomic E-state index is 12.8. The number of fused-ring (bicyclic) bond motifs is 1. The van der Waals surface area contributed by atoms with E-state index < -0.39 is 12.0 Å². The van der Waals surface area contributed by atoms with Crippen LogP contribution in [0.4, 0.5) is 0 Å². The Morgan fingerprint density at radius 3 is 2.84 bits per heavy atom. The molecule has 0 unspecified atom stereocenters. The molecule has 1 aromatic rings. The fraction of sp³-hybridized carbons (Fsp3) is 0.435. The van der Waals surface area contributed by atoms with Gasteiger partial charge in [-0.3, -0.25) is 4.79 Å². The Labute approximate surface area is 191 Å². The second-order valence-corrected chi connectivity index (χ2v) is 8.58. The number of para-hydroxylation sites is 1. The number of esters is 1. The highest BCUT2D eigenvalue weighted by atomic mass is 32.2. The maximum Gasteiger partial charge on any atom is 0.338 e. The number of carbonyl (C=O) groups excluding carboxylic acids is 2. The molecule has 0 bridgehead atoms. The second kappa shape index (κ2) is 9.79. The lowest BCUT2D eigenvalue weighted by Gasteiger charge is -2.36. The third kappa shape index (κ3) is 4.40. The molecular weight excluding hydrogens is 430 g/mol. The van der Waals surface area contributed by atoms with Gasteiger partial charge in [-0.2, -0.15) is 0 Å². The van der Waals surface area contributed by atoms with Crippen LogP contribution in [-0.2, 0) is 19.1 Å². The molecule has 170 valence electrons. The SMILES string of the molecule is COC(=O)C1=C(C)N=C2SC=C(CC(=O)NC[C@@H]3CCCO3)N2[C@H]1c1ccccc1OC. The van der Waals surface area contributed by atoms with Crippen LogP contribution >= 0.6 is 11.8 Å². The number of aliphatic imine (C=N–C) groups is 1. The first-order valence-corrected chi connectivity index (χ1v) is 11.5. The highest BCUT2D eigenvalue weighted by Crippen LogP contribution is 2.46. The smallest absolute Gasteiger partial charge is 0.338 e. The second-order valence-electron chi connectivity index (χ2n) is 7.74. The van der Waals surface area contributed by atoms with Gasteiger partial charge in [-0.05, 0) is 31.2 Å². The number of thioether (sulfide) groups is 1. The van der Waals surface area contributed by atoms with Gasteiger partial charge in [0, 0.05) is 24.4 Å². The van der Waals surface area contributed by atoms with Crippen LogP contribution in [0.1, 0.15) is 37.8 Å². The van der Waals surface area contributed by atoms with Gasteiger partial charge in [0.15, 0.2) is 5.17 Å². The Balaban J connectivity index is 1.63.